The molecule has 0 aromatic heterocycles. The SMILES string of the molecule is CCNc1ccc(C(=O)O)cc1I. The fraction of sp³-hybridized carbons (Fsp3) is 0.222. The van der Waals surface area contributed by atoms with Gasteiger partial charge in [0, 0.05) is 15.8 Å². The third kappa shape index (κ3) is 2.58. The average Bonchev–Trinajstić information content (AvgIpc) is 2.08. The van der Waals surface area contributed by atoms with Crippen LogP contribution in [0.1, 0.15) is 17.3 Å². The minimum absolute atomic E-state index is 0.325. The van der Waals surface area contributed by atoms with Crippen LogP contribution in [0.4, 0.5) is 5.69 Å². The van der Waals surface area contributed by atoms with Gasteiger partial charge in [0.15, 0.2) is 0 Å². The summed E-state index contributed by atoms with van der Waals surface area (Å²) in [6.45, 7) is 2.84. The fourth-order valence-corrected chi connectivity index (χ4v) is 1.69. The second-order valence-electron chi connectivity index (χ2n) is 2.53. The molecule has 0 heterocycles. The van der Waals surface area contributed by atoms with E-state index in [0.29, 0.717) is 5.56 Å². The Hall–Kier alpha value is -0.780. The van der Waals surface area contributed by atoms with Crippen LogP contribution in [-0.2, 0) is 0 Å². The van der Waals surface area contributed by atoms with E-state index in [0.717, 1.165) is 15.8 Å². The van der Waals surface area contributed by atoms with Crippen molar-refractivity contribution >= 4 is 34.2 Å². The first kappa shape index (κ1) is 10.3. The van der Waals surface area contributed by atoms with Gasteiger partial charge in [0.05, 0.1) is 5.56 Å². The van der Waals surface area contributed by atoms with Crippen LogP contribution < -0.4 is 5.32 Å². The minimum Gasteiger partial charge on any atom is -0.478 e. The highest BCUT2D eigenvalue weighted by molar-refractivity contribution is 14.1. The molecule has 0 unspecified atom stereocenters. The van der Waals surface area contributed by atoms with Gasteiger partial charge in [-0.3, -0.25) is 0 Å². The first-order valence-corrected chi connectivity index (χ1v) is 4.99. The smallest absolute Gasteiger partial charge is 0.335 e. The van der Waals surface area contributed by atoms with Crippen LogP contribution in [0.5, 0.6) is 0 Å². The van der Waals surface area contributed by atoms with Crippen molar-refractivity contribution in [1.82, 2.24) is 0 Å². The van der Waals surface area contributed by atoms with Crippen molar-refractivity contribution in [3.8, 4) is 0 Å². The van der Waals surface area contributed by atoms with Gasteiger partial charge in [0.1, 0.15) is 0 Å². The molecule has 0 fully saturated rings. The molecular weight excluding hydrogens is 281 g/mol. The quantitative estimate of drug-likeness (QED) is 0.841. The summed E-state index contributed by atoms with van der Waals surface area (Å²) >= 11 is 2.12. The number of anilines is 1. The lowest BCUT2D eigenvalue weighted by Gasteiger charge is -2.06. The molecule has 0 saturated heterocycles. The van der Waals surface area contributed by atoms with E-state index in [4.69, 9.17) is 5.11 Å². The highest BCUT2D eigenvalue weighted by atomic mass is 127. The zero-order chi connectivity index (χ0) is 9.84. The van der Waals surface area contributed by atoms with Gasteiger partial charge >= 0.3 is 5.97 Å². The standard InChI is InChI=1S/C9H10INO2/c1-2-11-8-4-3-6(9(12)13)5-7(8)10/h3-5,11H,2H2,1H3,(H,12,13). The number of nitrogens with one attached hydrogen (secondary N) is 1. The van der Waals surface area contributed by atoms with Gasteiger partial charge < -0.3 is 10.4 Å². The van der Waals surface area contributed by atoms with Gasteiger partial charge in [-0.2, -0.15) is 0 Å². The molecule has 0 spiro atoms. The van der Waals surface area contributed by atoms with Crippen molar-refractivity contribution in [2.75, 3.05) is 11.9 Å². The second kappa shape index (κ2) is 4.45. The molecule has 2 N–H and O–H groups in total. The molecule has 1 aromatic rings. The van der Waals surface area contributed by atoms with Crippen molar-refractivity contribution in [2.45, 2.75) is 6.92 Å². The molecule has 0 radical (unpaired) electrons. The summed E-state index contributed by atoms with van der Waals surface area (Å²) in [5.74, 6) is -0.888. The van der Waals surface area contributed by atoms with E-state index in [1.54, 1.807) is 18.2 Å². The molecule has 0 amide bonds. The summed E-state index contributed by atoms with van der Waals surface area (Å²) < 4.78 is 0.930. The van der Waals surface area contributed by atoms with Crippen LogP contribution in [0.15, 0.2) is 18.2 Å². The van der Waals surface area contributed by atoms with Gasteiger partial charge in [-0.05, 0) is 47.7 Å². The summed E-state index contributed by atoms with van der Waals surface area (Å²) in [7, 11) is 0. The molecule has 1 rings (SSSR count). The molecule has 0 aliphatic carbocycles. The zero-order valence-corrected chi connectivity index (χ0v) is 9.33. The number of hydrogen-bond acceptors (Lipinski definition) is 2. The maximum atomic E-state index is 10.6. The molecular formula is C9H10INO2. The Labute approximate surface area is 90.3 Å². The molecule has 70 valence electrons. The fourth-order valence-electron chi connectivity index (χ4n) is 0.982. The van der Waals surface area contributed by atoms with E-state index in [-0.39, 0.29) is 0 Å². The van der Waals surface area contributed by atoms with Crippen LogP contribution in [0.3, 0.4) is 0 Å². The maximum absolute atomic E-state index is 10.6. The summed E-state index contributed by atoms with van der Waals surface area (Å²) in [5.41, 5.74) is 1.30. The number of carbonyl (C=O) groups is 1. The monoisotopic (exact) mass is 291 g/mol. The van der Waals surface area contributed by atoms with E-state index in [1.807, 2.05) is 6.92 Å². The normalized spacial score (nSPS) is 9.69. The molecule has 0 aliphatic heterocycles. The van der Waals surface area contributed by atoms with Crippen molar-refractivity contribution < 1.29 is 9.90 Å². The van der Waals surface area contributed by atoms with Crippen molar-refractivity contribution in [2.24, 2.45) is 0 Å². The predicted molar refractivity (Wildman–Crippen MR) is 60.3 cm³/mol. The van der Waals surface area contributed by atoms with Gasteiger partial charge in [0.25, 0.3) is 0 Å². The molecule has 4 heteroatoms. The van der Waals surface area contributed by atoms with Gasteiger partial charge in [-0.1, -0.05) is 0 Å². The van der Waals surface area contributed by atoms with Crippen LogP contribution in [-0.4, -0.2) is 17.6 Å². The highest BCUT2D eigenvalue weighted by Gasteiger charge is 2.05. The Morgan fingerprint density at radius 1 is 1.62 bits per heavy atom. The summed E-state index contributed by atoms with van der Waals surface area (Å²) in [6.07, 6.45) is 0. The molecule has 0 bridgehead atoms. The van der Waals surface area contributed by atoms with Crippen molar-refractivity contribution in [1.29, 1.82) is 0 Å². The lowest BCUT2D eigenvalue weighted by molar-refractivity contribution is 0.0697. The van der Waals surface area contributed by atoms with E-state index in [2.05, 4.69) is 27.9 Å². The highest BCUT2D eigenvalue weighted by Crippen LogP contribution is 2.19. The molecule has 0 aliphatic rings. The first-order chi connectivity index (χ1) is 6.15. The van der Waals surface area contributed by atoms with Gasteiger partial charge in [0.2, 0.25) is 0 Å². The number of carboxylic acids is 1. The predicted octanol–water partition coefficient (Wildman–Crippen LogP) is 2.42. The Kier molecular flexibility index (Phi) is 3.53. The summed E-state index contributed by atoms with van der Waals surface area (Å²) in [5, 5.41) is 11.8. The Morgan fingerprint density at radius 3 is 2.77 bits per heavy atom. The average molecular weight is 291 g/mol. The van der Waals surface area contributed by atoms with E-state index < -0.39 is 5.97 Å². The van der Waals surface area contributed by atoms with Crippen LogP contribution in [0.2, 0.25) is 0 Å². The van der Waals surface area contributed by atoms with E-state index in [9.17, 15) is 4.79 Å². The van der Waals surface area contributed by atoms with Crippen LogP contribution in [0, 0.1) is 3.57 Å². The van der Waals surface area contributed by atoms with Crippen molar-refractivity contribution in [3.63, 3.8) is 0 Å². The van der Waals surface area contributed by atoms with Crippen LogP contribution >= 0.6 is 22.6 Å². The lowest BCUT2D eigenvalue weighted by Crippen LogP contribution is -2.01. The molecule has 0 atom stereocenters. The second-order valence-corrected chi connectivity index (χ2v) is 3.69. The number of hydrogen-bond donors (Lipinski definition) is 2. The molecule has 3 nitrogen and oxygen atoms in total. The number of halogens is 1. The number of aromatic carboxylic acids is 1. The number of rotatable bonds is 3. The Bertz CT molecular complexity index is 325. The zero-order valence-electron chi connectivity index (χ0n) is 7.17. The van der Waals surface area contributed by atoms with Crippen LogP contribution in [0.25, 0.3) is 0 Å². The van der Waals surface area contributed by atoms with Crippen molar-refractivity contribution in [3.05, 3.63) is 27.3 Å². The summed E-state index contributed by atoms with van der Waals surface area (Å²) in [4.78, 5) is 10.6. The Morgan fingerprint density at radius 2 is 2.31 bits per heavy atom. The maximum Gasteiger partial charge on any atom is 0.335 e. The Balaban J connectivity index is 2.98. The molecule has 1 aromatic carbocycles. The molecule has 0 saturated carbocycles. The van der Waals surface area contributed by atoms with Gasteiger partial charge in [-0.15, -0.1) is 0 Å². The topological polar surface area (TPSA) is 49.3 Å². The number of benzene rings is 1. The third-order valence-corrected chi connectivity index (χ3v) is 2.48. The minimum atomic E-state index is -0.888. The van der Waals surface area contributed by atoms with E-state index in [1.165, 1.54) is 0 Å². The lowest BCUT2D eigenvalue weighted by atomic mass is 10.2. The number of carboxylic acid groups (broad SMARTS) is 1. The third-order valence-electron chi connectivity index (χ3n) is 1.58. The molecule has 13 heavy (non-hydrogen) atoms. The van der Waals surface area contributed by atoms with Gasteiger partial charge in [-0.25, -0.2) is 4.79 Å². The summed E-state index contributed by atoms with van der Waals surface area (Å²) in [6, 6.07) is 5.04. The van der Waals surface area contributed by atoms with E-state index >= 15 is 0 Å². The largest absolute Gasteiger partial charge is 0.478 e. The first-order valence-electron chi connectivity index (χ1n) is 3.92.